The van der Waals surface area contributed by atoms with E-state index in [2.05, 4.69) is 17.4 Å². The van der Waals surface area contributed by atoms with Crippen molar-refractivity contribution in [1.29, 1.82) is 0 Å². The molecule has 0 heterocycles. The smallest absolute Gasteiger partial charge is 0.343 e. The topological polar surface area (TPSA) is 117 Å². The molecule has 0 aromatic carbocycles. The maximum absolute atomic E-state index is 9.60. The molecule has 0 aliphatic carbocycles. The van der Waals surface area contributed by atoms with Gasteiger partial charge in [0.15, 0.2) is 0 Å². The molecular formula is C7H20N4O3. The van der Waals surface area contributed by atoms with Crippen molar-refractivity contribution in [1.82, 2.24) is 5.12 Å². The first-order chi connectivity index (χ1) is 6.56. The van der Waals surface area contributed by atoms with E-state index in [1.54, 1.807) is 0 Å². The van der Waals surface area contributed by atoms with Crippen LogP contribution in [0.4, 0.5) is 4.79 Å². The summed E-state index contributed by atoms with van der Waals surface area (Å²) in [5.74, 6) is 9.14. The first-order valence-corrected chi connectivity index (χ1v) is 4.30. The monoisotopic (exact) mass is 208 g/mol. The average molecular weight is 208 g/mol. The highest BCUT2D eigenvalue weighted by atomic mass is 16.5. The number of primary amides is 1. The van der Waals surface area contributed by atoms with Crippen molar-refractivity contribution >= 4 is 6.03 Å². The fraction of sp³-hybridized carbons (Fsp3) is 0.857. The van der Waals surface area contributed by atoms with Crippen LogP contribution in [0.25, 0.3) is 0 Å². The van der Waals surface area contributed by atoms with Crippen molar-refractivity contribution < 1.29 is 14.3 Å². The molecular weight excluding hydrogens is 188 g/mol. The first kappa shape index (κ1) is 15.6. The van der Waals surface area contributed by atoms with Crippen LogP contribution in [-0.4, -0.2) is 37.6 Å². The summed E-state index contributed by atoms with van der Waals surface area (Å²) in [5, 5.41) is 0.306. The maximum Gasteiger partial charge on any atom is 0.343 e. The standard InChI is InChI=1S/C6H14O2.CH6N4O/c1-3-7-5-6-8-4-2;2-1(6)5(3)4/h3-6H2,1-2H3;3-4H2,(H2,2,6). The number of ether oxygens (including phenoxy) is 2. The summed E-state index contributed by atoms with van der Waals surface area (Å²) >= 11 is 0. The molecule has 0 aromatic heterocycles. The summed E-state index contributed by atoms with van der Waals surface area (Å²) in [4.78, 5) is 9.60. The number of carbonyl (C=O) groups is 1. The molecule has 7 nitrogen and oxygen atoms in total. The second-order valence-corrected chi connectivity index (χ2v) is 2.14. The van der Waals surface area contributed by atoms with E-state index in [0.29, 0.717) is 5.12 Å². The lowest BCUT2D eigenvalue weighted by atomic mass is 10.7. The third-order valence-corrected chi connectivity index (χ3v) is 1.03. The van der Waals surface area contributed by atoms with Crippen LogP contribution >= 0.6 is 0 Å². The van der Waals surface area contributed by atoms with Crippen LogP contribution in [0.15, 0.2) is 0 Å². The molecule has 7 heteroatoms. The van der Waals surface area contributed by atoms with Gasteiger partial charge in [-0.3, -0.25) is 0 Å². The quantitative estimate of drug-likeness (QED) is 0.236. The summed E-state index contributed by atoms with van der Waals surface area (Å²) in [6.45, 7) is 6.98. The van der Waals surface area contributed by atoms with Gasteiger partial charge in [0.1, 0.15) is 0 Å². The number of carbonyl (C=O) groups excluding carboxylic acids is 1. The predicted octanol–water partition coefficient (Wildman–Crippen LogP) is -0.826. The van der Waals surface area contributed by atoms with Crippen molar-refractivity contribution in [3.05, 3.63) is 0 Å². The van der Waals surface area contributed by atoms with E-state index in [1.165, 1.54) is 0 Å². The Bertz CT molecular complexity index is 126. The van der Waals surface area contributed by atoms with Gasteiger partial charge >= 0.3 is 6.03 Å². The minimum absolute atomic E-state index is 0.306. The molecule has 14 heavy (non-hydrogen) atoms. The fourth-order valence-electron chi connectivity index (χ4n) is 0.407. The summed E-state index contributed by atoms with van der Waals surface area (Å²) in [7, 11) is 0. The summed E-state index contributed by atoms with van der Waals surface area (Å²) < 4.78 is 10.0. The molecule has 0 bridgehead atoms. The normalized spacial score (nSPS) is 8.86. The number of hydrazine groups is 2. The van der Waals surface area contributed by atoms with Gasteiger partial charge in [0, 0.05) is 13.2 Å². The second-order valence-electron chi connectivity index (χ2n) is 2.14. The molecule has 0 radical (unpaired) electrons. The molecule has 0 rings (SSSR count). The third-order valence-electron chi connectivity index (χ3n) is 1.03. The summed E-state index contributed by atoms with van der Waals surface area (Å²) in [5.41, 5.74) is 4.47. The lowest BCUT2D eigenvalue weighted by Crippen LogP contribution is -2.46. The Morgan fingerprint density at radius 1 is 1.14 bits per heavy atom. The molecule has 0 fully saturated rings. The van der Waals surface area contributed by atoms with Crippen molar-refractivity contribution in [2.24, 2.45) is 17.4 Å². The largest absolute Gasteiger partial charge is 0.379 e. The molecule has 6 N–H and O–H groups in total. The van der Waals surface area contributed by atoms with Crippen molar-refractivity contribution in [3.8, 4) is 0 Å². The average Bonchev–Trinajstić information content (AvgIpc) is 2.13. The zero-order valence-corrected chi connectivity index (χ0v) is 8.73. The van der Waals surface area contributed by atoms with E-state index < -0.39 is 6.03 Å². The summed E-state index contributed by atoms with van der Waals surface area (Å²) in [6.07, 6.45) is 0. The number of amides is 2. The maximum atomic E-state index is 9.60. The molecule has 0 saturated heterocycles. The minimum Gasteiger partial charge on any atom is -0.379 e. The highest BCUT2D eigenvalue weighted by Crippen LogP contribution is 1.75. The van der Waals surface area contributed by atoms with Crippen molar-refractivity contribution in [2.75, 3.05) is 26.4 Å². The second kappa shape index (κ2) is 12.1. The van der Waals surface area contributed by atoms with E-state index in [1.807, 2.05) is 13.8 Å². The molecule has 0 aromatic rings. The number of nitrogens with zero attached hydrogens (tertiary/aromatic N) is 1. The molecule has 0 unspecified atom stereocenters. The van der Waals surface area contributed by atoms with E-state index in [-0.39, 0.29) is 0 Å². The molecule has 0 aliphatic heterocycles. The molecule has 0 spiro atoms. The van der Waals surface area contributed by atoms with E-state index in [0.717, 1.165) is 26.4 Å². The highest BCUT2D eigenvalue weighted by molar-refractivity contribution is 5.70. The van der Waals surface area contributed by atoms with Crippen molar-refractivity contribution in [2.45, 2.75) is 13.8 Å². The van der Waals surface area contributed by atoms with Gasteiger partial charge in [-0.05, 0) is 13.8 Å². The molecule has 2 amide bonds. The molecule has 86 valence electrons. The third kappa shape index (κ3) is 17.3. The number of hydrogen-bond acceptors (Lipinski definition) is 5. The highest BCUT2D eigenvalue weighted by Gasteiger charge is 1.90. The minimum atomic E-state index is -0.852. The lowest BCUT2D eigenvalue weighted by Gasteiger charge is -2.00. The van der Waals surface area contributed by atoms with Gasteiger partial charge in [-0.25, -0.2) is 16.5 Å². The molecule has 0 atom stereocenters. The number of nitrogens with two attached hydrogens (primary N) is 3. The van der Waals surface area contributed by atoms with Gasteiger partial charge in [-0.1, -0.05) is 0 Å². The lowest BCUT2D eigenvalue weighted by molar-refractivity contribution is 0.0584. The fourth-order valence-corrected chi connectivity index (χ4v) is 0.407. The van der Waals surface area contributed by atoms with Gasteiger partial charge < -0.3 is 15.2 Å². The van der Waals surface area contributed by atoms with Crippen LogP contribution in [0.3, 0.4) is 0 Å². The number of rotatable bonds is 5. The van der Waals surface area contributed by atoms with Crippen LogP contribution in [0.5, 0.6) is 0 Å². The van der Waals surface area contributed by atoms with Crippen LogP contribution in [0.1, 0.15) is 13.8 Å². The van der Waals surface area contributed by atoms with Crippen LogP contribution < -0.4 is 17.4 Å². The Morgan fingerprint density at radius 2 is 1.43 bits per heavy atom. The van der Waals surface area contributed by atoms with Crippen LogP contribution in [-0.2, 0) is 9.47 Å². The van der Waals surface area contributed by atoms with Gasteiger partial charge in [-0.15, -0.1) is 0 Å². The molecule has 0 aliphatic rings. The summed E-state index contributed by atoms with van der Waals surface area (Å²) in [6, 6.07) is -0.852. The molecule has 0 saturated carbocycles. The van der Waals surface area contributed by atoms with E-state index >= 15 is 0 Å². The Hall–Kier alpha value is -0.890. The van der Waals surface area contributed by atoms with Gasteiger partial charge in [0.05, 0.1) is 13.2 Å². The van der Waals surface area contributed by atoms with Gasteiger partial charge in [-0.2, -0.15) is 5.12 Å². The Balaban J connectivity index is 0. The number of urea groups is 1. The number of hydrogen-bond donors (Lipinski definition) is 3. The van der Waals surface area contributed by atoms with E-state index in [4.69, 9.17) is 9.47 Å². The van der Waals surface area contributed by atoms with E-state index in [9.17, 15) is 4.79 Å². The van der Waals surface area contributed by atoms with Crippen LogP contribution in [0, 0.1) is 0 Å². The predicted molar refractivity (Wildman–Crippen MR) is 52.8 cm³/mol. The Labute approximate surface area is 84.0 Å². The van der Waals surface area contributed by atoms with Gasteiger partial charge in [0.25, 0.3) is 0 Å². The Morgan fingerprint density at radius 3 is 1.57 bits per heavy atom. The SMILES string of the molecule is CCOCCOCC.NC(=O)N(N)N. The van der Waals surface area contributed by atoms with Crippen LogP contribution in [0.2, 0.25) is 0 Å². The first-order valence-electron chi connectivity index (χ1n) is 4.30. The zero-order valence-electron chi connectivity index (χ0n) is 8.73. The van der Waals surface area contributed by atoms with Gasteiger partial charge in [0.2, 0.25) is 0 Å². The van der Waals surface area contributed by atoms with Crippen molar-refractivity contribution in [3.63, 3.8) is 0 Å². The zero-order chi connectivity index (χ0) is 11.4. The Kier molecular flexibility index (Phi) is 13.5.